The molecule has 2 heterocycles. The van der Waals surface area contributed by atoms with Crippen LogP contribution in [0.2, 0.25) is 0 Å². The van der Waals surface area contributed by atoms with Gasteiger partial charge in [-0.1, -0.05) is 84.9 Å². The summed E-state index contributed by atoms with van der Waals surface area (Å²) in [5.41, 5.74) is 11.5. The first-order valence-corrected chi connectivity index (χ1v) is 15.9. The SMILES string of the molecule is N#Cc1ccc(-c2cc3c(cc2-c2ccc4c(c2)c2ccccc2n4-c2ccccc2)c2ccccc2n3-c2ccccc2)cc1C#N. The lowest BCUT2D eigenvalue weighted by molar-refractivity contribution is 1.18. The van der Waals surface area contributed by atoms with Crippen molar-refractivity contribution in [2.45, 2.75) is 0 Å². The highest BCUT2D eigenvalue weighted by atomic mass is 15.0. The monoisotopic (exact) mass is 610 g/mol. The van der Waals surface area contributed by atoms with Crippen LogP contribution in [0.25, 0.3) is 77.2 Å². The Bertz CT molecular complexity index is 2790. The minimum atomic E-state index is 0.367. The zero-order chi connectivity index (χ0) is 32.2. The maximum absolute atomic E-state index is 9.97. The van der Waals surface area contributed by atoms with Gasteiger partial charge in [0.15, 0.2) is 0 Å². The molecule has 9 rings (SSSR count). The van der Waals surface area contributed by atoms with E-state index in [1.807, 2.05) is 24.3 Å². The van der Waals surface area contributed by atoms with Gasteiger partial charge >= 0.3 is 0 Å². The topological polar surface area (TPSA) is 57.4 Å². The van der Waals surface area contributed by atoms with Gasteiger partial charge in [0.05, 0.1) is 33.2 Å². The summed E-state index contributed by atoms with van der Waals surface area (Å²) in [6, 6.07) is 59.2. The summed E-state index contributed by atoms with van der Waals surface area (Å²) >= 11 is 0. The first kappa shape index (κ1) is 27.4. The van der Waals surface area contributed by atoms with Crippen LogP contribution >= 0.6 is 0 Å². The zero-order valence-electron chi connectivity index (χ0n) is 25.8. The molecular weight excluding hydrogens is 585 g/mol. The van der Waals surface area contributed by atoms with Crippen molar-refractivity contribution in [2.24, 2.45) is 0 Å². The molecule has 4 heteroatoms. The van der Waals surface area contributed by atoms with Crippen LogP contribution < -0.4 is 0 Å². The number of para-hydroxylation sites is 4. The van der Waals surface area contributed by atoms with E-state index >= 15 is 0 Å². The lowest BCUT2D eigenvalue weighted by Crippen LogP contribution is -1.95. The molecule has 0 amide bonds. The van der Waals surface area contributed by atoms with Crippen LogP contribution in [0.15, 0.2) is 158 Å². The van der Waals surface area contributed by atoms with Gasteiger partial charge in [0.2, 0.25) is 0 Å². The minimum absolute atomic E-state index is 0.367. The van der Waals surface area contributed by atoms with E-state index in [2.05, 4.69) is 149 Å². The normalized spacial score (nSPS) is 11.3. The first-order chi connectivity index (χ1) is 23.7. The third-order valence-electron chi connectivity index (χ3n) is 9.40. The first-order valence-electron chi connectivity index (χ1n) is 15.9. The fourth-order valence-corrected chi connectivity index (χ4v) is 7.25. The van der Waals surface area contributed by atoms with E-state index in [0.717, 1.165) is 61.1 Å². The Morgan fingerprint density at radius 3 is 1.46 bits per heavy atom. The van der Waals surface area contributed by atoms with Gasteiger partial charge in [-0.15, -0.1) is 0 Å². The van der Waals surface area contributed by atoms with Crippen molar-refractivity contribution in [1.29, 1.82) is 10.5 Å². The summed E-state index contributed by atoms with van der Waals surface area (Å²) < 4.78 is 4.63. The lowest BCUT2D eigenvalue weighted by Gasteiger charge is -2.15. The second-order valence-corrected chi connectivity index (χ2v) is 12.0. The molecule has 222 valence electrons. The van der Waals surface area contributed by atoms with Gasteiger partial charge in [-0.2, -0.15) is 10.5 Å². The van der Waals surface area contributed by atoms with Crippen molar-refractivity contribution in [1.82, 2.24) is 9.13 Å². The van der Waals surface area contributed by atoms with E-state index in [4.69, 9.17) is 0 Å². The Hall–Kier alpha value is -6.88. The average molecular weight is 611 g/mol. The number of hydrogen-bond donors (Lipinski definition) is 0. The molecule has 7 aromatic carbocycles. The van der Waals surface area contributed by atoms with E-state index in [-0.39, 0.29) is 0 Å². The summed E-state index contributed by atoms with van der Waals surface area (Å²) in [7, 11) is 0. The zero-order valence-corrected chi connectivity index (χ0v) is 25.8. The summed E-state index contributed by atoms with van der Waals surface area (Å²) in [6.07, 6.45) is 0. The molecule has 4 nitrogen and oxygen atoms in total. The van der Waals surface area contributed by atoms with Crippen LogP contribution in [0.1, 0.15) is 11.1 Å². The molecule has 9 aromatic rings. The number of benzene rings is 7. The van der Waals surface area contributed by atoms with Gasteiger partial charge in [0.25, 0.3) is 0 Å². The Labute approximate surface area is 277 Å². The highest BCUT2D eigenvalue weighted by Gasteiger charge is 2.20. The van der Waals surface area contributed by atoms with Crippen LogP contribution in [0.3, 0.4) is 0 Å². The third kappa shape index (κ3) is 4.14. The maximum atomic E-state index is 9.97. The van der Waals surface area contributed by atoms with E-state index in [9.17, 15) is 10.5 Å². The molecule has 0 unspecified atom stereocenters. The van der Waals surface area contributed by atoms with Gasteiger partial charge in [-0.25, -0.2) is 0 Å². The lowest BCUT2D eigenvalue weighted by atomic mass is 9.90. The van der Waals surface area contributed by atoms with E-state index in [1.54, 1.807) is 6.07 Å². The van der Waals surface area contributed by atoms with Gasteiger partial charge in [0.1, 0.15) is 12.1 Å². The largest absolute Gasteiger partial charge is 0.309 e. The maximum Gasteiger partial charge on any atom is 0.101 e. The molecule has 0 atom stereocenters. The number of fused-ring (bicyclic) bond motifs is 6. The number of aromatic nitrogens is 2. The van der Waals surface area contributed by atoms with Crippen LogP contribution in [0.4, 0.5) is 0 Å². The van der Waals surface area contributed by atoms with Gasteiger partial charge < -0.3 is 9.13 Å². The molecule has 0 radical (unpaired) electrons. The molecule has 0 aliphatic rings. The third-order valence-corrected chi connectivity index (χ3v) is 9.40. The average Bonchev–Trinajstić information content (AvgIpc) is 3.66. The van der Waals surface area contributed by atoms with Crippen molar-refractivity contribution in [3.05, 3.63) is 169 Å². The van der Waals surface area contributed by atoms with Crippen LogP contribution in [-0.2, 0) is 0 Å². The second kappa shape index (κ2) is 10.9. The fourth-order valence-electron chi connectivity index (χ4n) is 7.25. The molecule has 0 spiro atoms. The Morgan fingerprint density at radius 2 is 0.833 bits per heavy atom. The number of nitriles is 2. The predicted molar refractivity (Wildman–Crippen MR) is 195 cm³/mol. The highest BCUT2D eigenvalue weighted by molar-refractivity contribution is 6.14. The molecule has 0 saturated carbocycles. The molecule has 0 N–H and O–H groups in total. The van der Waals surface area contributed by atoms with Crippen LogP contribution in [0.5, 0.6) is 0 Å². The molecule has 0 fully saturated rings. The smallest absolute Gasteiger partial charge is 0.101 e. The molecular formula is C44H26N4. The standard InChI is InChI=1S/C44H26N4/c45-27-31-20-19-29(23-32(31)28-46)38-26-44-40(36-16-8-10-18-42(36)48(44)34-13-5-2-6-14-34)25-37(38)30-21-22-43-39(24-30)35-15-7-9-17-41(35)47(43)33-11-3-1-4-12-33/h1-26H. The quantitative estimate of drug-likeness (QED) is 0.199. The van der Waals surface area contributed by atoms with Crippen molar-refractivity contribution in [3.63, 3.8) is 0 Å². The van der Waals surface area contributed by atoms with Crippen molar-refractivity contribution >= 4 is 43.6 Å². The van der Waals surface area contributed by atoms with Crippen LogP contribution in [-0.4, -0.2) is 9.13 Å². The summed E-state index contributed by atoms with van der Waals surface area (Å²) in [5, 5.41) is 24.3. The summed E-state index contributed by atoms with van der Waals surface area (Å²) in [6.45, 7) is 0. The molecule has 0 bridgehead atoms. The summed E-state index contributed by atoms with van der Waals surface area (Å²) in [5.74, 6) is 0. The molecule has 0 aliphatic heterocycles. The predicted octanol–water partition coefficient (Wildman–Crippen LogP) is 11.0. The van der Waals surface area contributed by atoms with Gasteiger partial charge in [-0.05, 0) is 95.1 Å². The Balaban J connectivity index is 1.38. The molecule has 0 aliphatic carbocycles. The van der Waals surface area contributed by atoms with Crippen LogP contribution in [0, 0.1) is 22.7 Å². The number of rotatable bonds is 4. The molecule has 2 aromatic heterocycles. The molecule has 0 saturated heterocycles. The van der Waals surface area contributed by atoms with Gasteiger partial charge in [0, 0.05) is 32.9 Å². The van der Waals surface area contributed by atoms with Crippen molar-refractivity contribution in [2.75, 3.05) is 0 Å². The number of nitrogens with zero attached hydrogens (tertiary/aromatic N) is 4. The van der Waals surface area contributed by atoms with E-state index in [1.165, 1.54) is 16.2 Å². The van der Waals surface area contributed by atoms with Gasteiger partial charge in [-0.3, -0.25) is 0 Å². The number of hydrogen-bond acceptors (Lipinski definition) is 2. The van der Waals surface area contributed by atoms with Crippen molar-refractivity contribution in [3.8, 4) is 45.8 Å². The fraction of sp³-hybridized carbons (Fsp3) is 0. The Morgan fingerprint density at radius 1 is 0.354 bits per heavy atom. The Kier molecular flexibility index (Phi) is 6.22. The van der Waals surface area contributed by atoms with E-state index in [0.29, 0.717) is 11.1 Å². The highest BCUT2D eigenvalue weighted by Crippen LogP contribution is 2.43. The minimum Gasteiger partial charge on any atom is -0.309 e. The van der Waals surface area contributed by atoms with Crippen molar-refractivity contribution < 1.29 is 0 Å². The van der Waals surface area contributed by atoms with E-state index < -0.39 is 0 Å². The molecule has 48 heavy (non-hydrogen) atoms. The second-order valence-electron chi connectivity index (χ2n) is 12.0. The summed E-state index contributed by atoms with van der Waals surface area (Å²) in [4.78, 5) is 0.